The smallest absolute Gasteiger partial charge is 0.217 e. The van der Waals surface area contributed by atoms with Crippen molar-refractivity contribution in [3.63, 3.8) is 0 Å². The molecule has 0 aliphatic carbocycles. The molecule has 25 heavy (non-hydrogen) atoms. The van der Waals surface area contributed by atoms with Crippen LogP contribution in [-0.2, 0) is 13.1 Å². The maximum Gasteiger partial charge on any atom is 0.217 e. The van der Waals surface area contributed by atoms with Crippen LogP contribution in [0.5, 0.6) is 5.88 Å². The largest absolute Gasteiger partial charge is 0.481 e. The average molecular weight is 359 g/mol. The van der Waals surface area contributed by atoms with Gasteiger partial charge in [0.2, 0.25) is 5.88 Å². The van der Waals surface area contributed by atoms with Crippen LogP contribution in [0.4, 0.5) is 0 Å². The van der Waals surface area contributed by atoms with Gasteiger partial charge in [-0.15, -0.1) is 11.3 Å². The Balaban J connectivity index is 1.38. The van der Waals surface area contributed by atoms with Crippen molar-refractivity contribution in [2.24, 2.45) is 5.41 Å². The van der Waals surface area contributed by atoms with Crippen LogP contribution in [0.25, 0.3) is 0 Å². The van der Waals surface area contributed by atoms with E-state index in [4.69, 9.17) is 4.74 Å². The van der Waals surface area contributed by atoms with Gasteiger partial charge in [0.25, 0.3) is 0 Å². The summed E-state index contributed by atoms with van der Waals surface area (Å²) >= 11 is 1.77. The number of ether oxygens (including phenoxy) is 1. The molecule has 4 heterocycles. The fraction of sp³-hybridized carbons (Fsp3) is 0.579. The summed E-state index contributed by atoms with van der Waals surface area (Å²) < 4.78 is 5.42. The van der Waals surface area contributed by atoms with E-state index >= 15 is 0 Å². The van der Waals surface area contributed by atoms with E-state index in [1.165, 1.54) is 56.0 Å². The highest BCUT2D eigenvalue weighted by atomic mass is 32.1. The molecule has 2 aliphatic heterocycles. The summed E-state index contributed by atoms with van der Waals surface area (Å²) in [6.07, 6.45) is 7.66. The zero-order valence-electron chi connectivity index (χ0n) is 14.9. The molecule has 0 radical (unpaired) electrons. The third-order valence-electron chi connectivity index (χ3n) is 5.54. The lowest BCUT2D eigenvalue weighted by Crippen LogP contribution is -2.44. The molecule has 5 nitrogen and oxygen atoms in total. The molecule has 1 spiro atoms. The van der Waals surface area contributed by atoms with Gasteiger partial charge >= 0.3 is 0 Å². The van der Waals surface area contributed by atoms with Crippen molar-refractivity contribution in [1.82, 2.24) is 19.8 Å². The van der Waals surface area contributed by atoms with E-state index in [0.29, 0.717) is 5.41 Å². The number of hydrogen-bond donors (Lipinski definition) is 0. The predicted molar refractivity (Wildman–Crippen MR) is 99.7 cm³/mol. The third-order valence-corrected chi connectivity index (χ3v) is 6.30. The number of nitrogens with zero attached hydrogens (tertiary/aromatic N) is 4. The van der Waals surface area contributed by atoms with Gasteiger partial charge in [-0.25, -0.2) is 9.97 Å². The van der Waals surface area contributed by atoms with E-state index in [1.807, 2.05) is 12.3 Å². The number of rotatable bonds is 5. The van der Waals surface area contributed by atoms with Gasteiger partial charge in [0.1, 0.15) is 5.01 Å². The number of likely N-dealkylation sites (tertiary alicyclic amines) is 2. The first-order valence-corrected chi connectivity index (χ1v) is 9.95. The van der Waals surface area contributed by atoms with E-state index in [2.05, 4.69) is 31.2 Å². The second kappa shape index (κ2) is 7.40. The van der Waals surface area contributed by atoms with Crippen molar-refractivity contribution >= 4 is 11.3 Å². The lowest BCUT2D eigenvalue weighted by Gasteiger charge is -2.40. The SMILES string of the molecule is COc1ncccc1CN1CCC2(CCCN(Cc3nccs3)C2)C1. The van der Waals surface area contributed by atoms with Crippen LogP contribution in [0.1, 0.15) is 29.8 Å². The van der Waals surface area contributed by atoms with Crippen LogP contribution in [-0.4, -0.2) is 53.1 Å². The molecule has 2 aromatic heterocycles. The molecule has 4 rings (SSSR count). The van der Waals surface area contributed by atoms with E-state index in [1.54, 1.807) is 24.6 Å². The standard InChI is InChI=1S/C19H26N4OS/c1-24-18-16(4-2-7-21-18)12-23-10-6-19(15-23)5-3-9-22(14-19)13-17-20-8-11-25-17/h2,4,7-8,11H,3,5-6,9-10,12-15H2,1H3. The molecule has 0 aromatic carbocycles. The Kier molecular flexibility index (Phi) is 5.01. The molecule has 2 saturated heterocycles. The summed E-state index contributed by atoms with van der Waals surface area (Å²) in [5, 5.41) is 3.32. The van der Waals surface area contributed by atoms with Crippen molar-refractivity contribution in [3.8, 4) is 5.88 Å². The molecule has 2 aromatic rings. The minimum absolute atomic E-state index is 0.449. The van der Waals surface area contributed by atoms with Gasteiger partial charge in [0.05, 0.1) is 13.7 Å². The molecule has 0 N–H and O–H groups in total. The predicted octanol–water partition coefficient (Wildman–Crippen LogP) is 3.03. The fourth-order valence-corrected chi connectivity index (χ4v) is 5.09. The van der Waals surface area contributed by atoms with Gasteiger partial charge in [0, 0.05) is 43.0 Å². The zero-order valence-corrected chi connectivity index (χ0v) is 15.7. The summed E-state index contributed by atoms with van der Waals surface area (Å²) in [4.78, 5) is 14.0. The van der Waals surface area contributed by atoms with Crippen LogP contribution >= 0.6 is 11.3 Å². The fourth-order valence-electron chi connectivity index (χ4n) is 4.43. The monoisotopic (exact) mass is 358 g/mol. The van der Waals surface area contributed by atoms with E-state index in [0.717, 1.165) is 19.0 Å². The Morgan fingerprint density at radius 1 is 1.12 bits per heavy atom. The first kappa shape index (κ1) is 16.9. The molecule has 0 saturated carbocycles. The van der Waals surface area contributed by atoms with Crippen LogP contribution in [0, 0.1) is 5.41 Å². The number of hydrogen-bond acceptors (Lipinski definition) is 6. The lowest BCUT2D eigenvalue weighted by atomic mass is 9.79. The molecule has 134 valence electrons. The van der Waals surface area contributed by atoms with Gasteiger partial charge in [-0.2, -0.15) is 0 Å². The highest BCUT2D eigenvalue weighted by Crippen LogP contribution is 2.40. The first-order valence-electron chi connectivity index (χ1n) is 9.07. The van der Waals surface area contributed by atoms with E-state index in [9.17, 15) is 0 Å². The molecule has 2 aliphatic rings. The van der Waals surface area contributed by atoms with Gasteiger partial charge in [-0.3, -0.25) is 9.80 Å². The number of methoxy groups -OCH3 is 1. The summed E-state index contributed by atoms with van der Waals surface area (Å²) in [6, 6.07) is 4.13. The van der Waals surface area contributed by atoms with Crippen molar-refractivity contribution < 1.29 is 4.74 Å². The van der Waals surface area contributed by atoms with Gasteiger partial charge in [-0.1, -0.05) is 6.07 Å². The average Bonchev–Trinajstić information content (AvgIpc) is 3.26. The third kappa shape index (κ3) is 3.86. The quantitative estimate of drug-likeness (QED) is 0.822. The lowest BCUT2D eigenvalue weighted by molar-refractivity contribution is 0.0864. The number of piperidine rings is 1. The van der Waals surface area contributed by atoms with Crippen molar-refractivity contribution in [3.05, 3.63) is 40.5 Å². The Hall–Kier alpha value is -1.50. The summed E-state index contributed by atoms with van der Waals surface area (Å²) in [5.74, 6) is 0.762. The van der Waals surface area contributed by atoms with Crippen LogP contribution in [0.3, 0.4) is 0 Å². The van der Waals surface area contributed by atoms with E-state index in [-0.39, 0.29) is 0 Å². The summed E-state index contributed by atoms with van der Waals surface area (Å²) in [7, 11) is 1.70. The highest BCUT2D eigenvalue weighted by molar-refractivity contribution is 7.09. The minimum Gasteiger partial charge on any atom is -0.481 e. The topological polar surface area (TPSA) is 41.5 Å². The second-order valence-corrected chi connectivity index (χ2v) is 8.35. The Morgan fingerprint density at radius 3 is 2.80 bits per heavy atom. The van der Waals surface area contributed by atoms with E-state index < -0.39 is 0 Å². The van der Waals surface area contributed by atoms with Gasteiger partial charge in [0.15, 0.2) is 0 Å². The Bertz CT molecular complexity index is 692. The van der Waals surface area contributed by atoms with Gasteiger partial charge < -0.3 is 4.74 Å². The normalized spacial score (nSPS) is 24.8. The van der Waals surface area contributed by atoms with Crippen molar-refractivity contribution in [1.29, 1.82) is 0 Å². The summed E-state index contributed by atoms with van der Waals surface area (Å²) in [5.41, 5.74) is 1.64. The van der Waals surface area contributed by atoms with Crippen LogP contribution < -0.4 is 4.74 Å². The van der Waals surface area contributed by atoms with Crippen molar-refractivity contribution in [2.45, 2.75) is 32.4 Å². The number of aromatic nitrogens is 2. The summed E-state index contributed by atoms with van der Waals surface area (Å²) in [6.45, 7) is 6.70. The molecular formula is C19H26N4OS. The number of pyridine rings is 1. The second-order valence-electron chi connectivity index (χ2n) is 7.37. The van der Waals surface area contributed by atoms with Gasteiger partial charge in [-0.05, 0) is 43.8 Å². The maximum atomic E-state index is 5.42. The highest BCUT2D eigenvalue weighted by Gasteiger charge is 2.41. The molecule has 1 unspecified atom stereocenters. The first-order chi connectivity index (χ1) is 12.3. The Morgan fingerprint density at radius 2 is 2.00 bits per heavy atom. The zero-order chi connectivity index (χ0) is 17.1. The van der Waals surface area contributed by atoms with Crippen LogP contribution in [0.15, 0.2) is 29.9 Å². The van der Waals surface area contributed by atoms with Crippen LogP contribution in [0.2, 0.25) is 0 Å². The molecule has 0 bridgehead atoms. The number of thiazole rings is 1. The molecule has 1 atom stereocenters. The molecular weight excluding hydrogens is 332 g/mol. The maximum absolute atomic E-state index is 5.42. The molecule has 0 amide bonds. The van der Waals surface area contributed by atoms with Crippen molar-refractivity contribution in [2.75, 3.05) is 33.3 Å². The molecule has 2 fully saturated rings. The Labute approximate surface area is 153 Å². The molecule has 6 heteroatoms. The minimum atomic E-state index is 0.449.